The second-order valence-corrected chi connectivity index (χ2v) is 12.5. The Labute approximate surface area is 257 Å². The van der Waals surface area contributed by atoms with E-state index in [1.165, 1.54) is 28.0 Å². The van der Waals surface area contributed by atoms with Crippen molar-refractivity contribution in [1.82, 2.24) is 25.4 Å². The van der Waals surface area contributed by atoms with Crippen LogP contribution in [-0.4, -0.2) is 38.2 Å². The van der Waals surface area contributed by atoms with E-state index in [9.17, 15) is 14.4 Å². The Kier molecular flexibility index (Phi) is 9.61. The highest BCUT2D eigenvalue weighted by molar-refractivity contribution is 7.99. The first kappa shape index (κ1) is 29.8. The molecule has 9 nitrogen and oxygen atoms in total. The lowest BCUT2D eigenvalue weighted by Gasteiger charge is -2.14. The van der Waals surface area contributed by atoms with Crippen LogP contribution >= 0.6 is 34.7 Å². The zero-order valence-corrected chi connectivity index (χ0v) is 25.7. The van der Waals surface area contributed by atoms with Crippen molar-refractivity contribution < 1.29 is 14.4 Å². The number of aromatic nitrogens is 3. The van der Waals surface area contributed by atoms with Gasteiger partial charge < -0.3 is 20.5 Å². The molecule has 12 heteroatoms. The highest BCUT2D eigenvalue weighted by Crippen LogP contribution is 2.38. The summed E-state index contributed by atoms with van der Waals surface area (Å²) in [7, 11) is 1.79. The van der Waals surface area contributed by atoms with Gasteiger partial charge in [0.2, 0.25) is 5.91 Å². The van der Waals surface area contributed by atoms with Crippen LogP contribution in [0.25, 0.3) is 0 Å². The molecule has 3 amide bonds. The van der Waals surface area contributed by atoms with Gasteiger partial charge in [-0.05, 0) is 68.0 Å². The van der Waals surface area contributed by atoms with Crippen molar-refractivity contribution in [3.05, 3.63) is 92.6 Å². The maximum atomic E-state index is 13.3. The van der Waals surface area contributed by atoms with E-state index in [0.29, 0.717) is 38.7 Å². The normalized spacial score (nSPS) is 13.2. The van der Waals surface area contributed by atoms with Crippen LogP contribution < -0.4 is 16.0 Å². The maximum Gasteiger partial charge on any atom is 0.254 e. The third kappa shape index (κ3) is 7.03. The van der Waals surface area contributed by atoms with Gasteiger partial charge >= 0.3 is 0 Å². The number of rotatable bonds is 10. The van der Waals surface area contributed by atoms with E-state index in [0.717, 1.165) is 36.8 Å². The largest absolute Gasteiger partial charge is 0.348 e. The molecule has 0 spiro atoms. The predicted molar refractivity (Wildman–Crippen MR) is 166 cm³/mol. The fraction of sp³-hybridized carbons (Fsp3) is 0.300. The van der Waals surface area contributed by atoms with Gasteiger partial charge in [-0.3, -0.25) is 14.4 Å². The molecule has 0 bridgehead atoms. The summed E-state index contributed by atoms with van der Waals surface area (Å²) in [5.74, 6) is -0.00912. The smallest absolute Gasteiger partial charge is 0.254 e. The second kappa shape index (κ2) is 13.5. The Hall–Kier alpha value is -3.67. The summed E-state index contributed by atoms with van der Waals surface area (Å²) in [6.07, 6.45) is 3.85. The minimum atomic E-state index is -0.414. The van der Waals surface area contributed by atoms with Crippen molar-refractivity contribution in [1.29, 1.82) is 0 Å². The number of nitrogens with one attached hydrogen (secondary N) is 3. The number of aryl methyl sites for hydroxylation is 1. The average molecular weight is 623 g/mol. The standard InChI is InChI=1S/C30H31ClN6O3S2/c1-18(33-27(39)20-12-14-21(31)15-13-20)26-35-36-30(37(26)2)41-17-24(38)34-29-25(22-10-6-7-11-23(22)42-29)28(40)32-16-19-8-4-3-5-9-19/h3-5,8-9,12-15,18H,6-7,10-11,16-17H2,1-2H3,(H,32,40)(H,33,39)(H,34,38)/t18-/m1/s1. The van der Waals surface area contributed by atoms with Gasteiger partial charge in [-0.25, -0.2) is 0 Å². The average Bonchev–Trinajstić information content (AvgIpc) is 3.55. The molecule has 0 unspecified atom stereocenters. The molecule has 218 valence electrons. The zero-order chi connectivity index (χ0) is 29.6. The van der Waals surface area contributed by atoms with E-state index in [-0.39, 0.29) is 23.5 Å². The van der Waals surface area contributed by atoms with E-state index in [1.54, 1.807) is 35.9 Å². The molecule has 42 heavy (non-hydrogen) atoms. The van der Waals surface area contributed by atoms with Crippen LogP contribution in [0.5, 0.6) is 0 Å². The van der Waals surface area contributed by atoms with Crippen LogP contribution in [0.1, 0.15) is 68.4 Å². The highest BCUT2D eigenvalue weighted by Gasteiger charge is 2.27. The number of anilines is 1. The molecule has 2 heterocycles. The van der Waals surface area contributed by atoms with Crippen LogP contribution in [0.3, 0.4) is 0 Å². The Bertz CT molecular complexity index is 1590. The van der Waals surface area contributed by atoms with Crippen molar-refractivity contribution in [3.63, 3.8) is 0 Å². The van der Waals surface area contributed by atoms with Crippen LogP contribution in [-0.2, 0) is 31.2 Å². The summed E-state index contributed by atoms with van der Waals surface area (Å²) < 4.78 is 1.76. The molecule has 0 saturated heterocycles. The molecule has 2 aromatic heterocycles. The Morgan fingerprint density at radius 2 is 1.76 bits per heavy atom. The molecule has 1 aliphatic rings. The molecule has 2 aromatic carbocycles. The Morgan fingerprint density at radius 1 is 1.02 bits per heavy atom. The Morgan fingerprint density at radius 3 is 2.52 bits per heavy atom. The van der Waals surface area contributed by atoms with Crippen molar-refractivity contribution in [3.8, 4) is 0 Å². The van der Waals surface area contributed by atoms with Gasteiger partial charge in [-0.1, -0.05) is 53.7 Å². The summed E-state index contributed by atoms with van der Waals surface area (Å²) in [4.78, 5) is 40.1. The summed E-state index contributed by atoms with van der Waals surface area (Å²) in [6, 6.07) is 16.0. The predicted octanol–water partition coefficient (Wildman–Crippen LogP) is 5.56. The van der Waals surface area contributed by atoms with Gasteiger partial charge in [-0.2, -0.15) is 0 Å². The van der Waals surface area contributed by atoms with E-state index in [1.807, 2.05) is 37.3 Å². The molecular formula is C30H31ClN6O3S2. The minimum absolute atomic E-state index is 0.0884. The first-order valence-corrected chi connectivity index (χ1v) is 15.8. The first-order valence-electron chi connectivity index (χ1n) is 13.6. The van der Waals surface area contributed by atoms with Gasteiger partial charge in [-0.15, -0.1) is 21.5 Å². The highest BCUT2D eigenvalue weighted by atomic mass is 35.5. The number of hydrogen-bond acceptors (Lipinski definition) is 7. The summed E-state index contributed by atoms with van der Waals surface area (Å²) >= 11 is 8.65. The van der Waals surface area contributed by atoms with E-state index < -0.39 is 6.04 Å². The molecule has 0 fully saturated rings. The number of benzene rings is 2. The van der Waals surface area contributed by atoms with Gasteiger partial charge in [0.25, 0.3) is 11.8 Å². The summed E-state index contributed by atoms with van der Waals surface area (Å²) in [6.45, 7) is 2.24. The SMILES string of the molecule is C[C@@H](NC(=O)c1ccc(Cl)cc1)c1nnc(SCC(=O)Nc2sc3c(c2C(=O)NCc2ccccc2)CCCC3)n1C. The lowest BCUT2D eigenvalue weighted by Crippen LogP contribution is -2.28. The topological polar surface area (TPSA) is 118 Å². The van der Waals surface area contributed by atoms with Crippen LogP contribution in [0, 0.1) is 0 Å². The Balaban J connectivity index is 1.21. The van der Waals surface area contributed by atoms with Crippen molar-refractivity contribution >= 4 is 57.4 Å². The first-order chi connectivity index (χ1) is 20.3. The molecule has 0 aliphatic heterocycles. The molecule has 1 aliphatic carbocycles. The van der Waals surface area contributed by atoms with E-state index in [4.69, 9.17) is 11.6 Å². The molecule has 5 rings (SSSR count). The van der Waals surface area contributed by atoms with Gasteiger partial charge in [0, 0.05) is 29.1 Å². The van der Waals surface area contributed by atoms with Crippen molar-refractivity contribution in [2.45, 2.75) is 50.4 Å². The molecule has 0 saturated carbocycles. The number of nitrogens with zero attached hydrogens (tertiary/aromatic N) is 3. The molecule has 0 radical (unpaired) electrons. The van der Waals surface area contributed by atoms with Crippen LogP contribution in [0.15, 0.2) is 59.8 Å². The van der Waals surface area contributed by atoms with Crippen LogP contribution in [0.4, 0.5) is 5.00 Å². The summed E-state index contributed by atoms with van der Waals surface area (Å²) in [5, 5.41) is 19.1. The second-order valence-electron chi connectivity index (χ2n) is 10.0. The van der Waals surface area contributed by atoms with Gasteiger partial charge in [0.05, 0.1) is 17.4 Å². The van der Waals surface area contributed by atoms with Crippen LogP contribution in [0.2, 0.25) is 5.02 Å². The van der Waals surface area contributed by atoms with Gasteiger partial charge in [0.1, 0.15) is 5.00 Å². The lowest BCUT2D eigenvalue weighted by molar-refractivity contribution is -0.113. The van der Waals surface area contributed by atoms with Crippen molar-refractivity contribution in [2.75, 3.05) is 11.1 Å². The zero-order valence-electron chi connectivity index (χ0n) is 23.3. The molecule has 1 atom stereocenters. The molecular weight excluding hydrogens is 592 g/mol. The van der Waals surface area contributed by atoms with E-state index in [2.05, 4.69) is 26.1 Å². The molecule has 4 aromatic rings. The summed E-state index contributed by atoms with van der Waals surface area (Å²) in [5.41, 5.74) is 3.13. The minimum Gasteiger partial charge on any atom is -0.348 e. The fourth-order valence-electron chi connectivity index (χ4n) is 4.83. The van der Waals surface area contributed by atoms with E-state index >= 15 is 0 Å². The molecule has 3 N–H and O–H groups in total. The van der Waals surface area contributed by atoms with Gasteiger partial charge in [0.15, 0.2) is 11.0 Å². The third-order valence-electron chi connectivity index (χ3n) is 6.99. The quantitative estimate of drug-likeness (QED) is 0.199. The monoisotopic (exact) mass is 622 g/mol. The number of fused-ring (bicyclic) bond motifs is 1. The number of carbonyl (C=O) groups excluding carboxylic acids is 3. The fourth-order valence-corrected chi connectivity index (χ4v) is 6.98. The number of thiophene rings is 1. The number of thioether (sulfide) groups is 1. The number of halogens is 1. The third-order valence-corrected chi connectivity index (χ3v) is 9.47. The number of carbonyl (C=O) groups is 3. The van der Waals surface area contributed by atoms with Crippen molar-refractivity contribution in [2.24, 2.45) is 7.05 Å². The lowest BCUT2D eigenvalue weighted by atomic mass is 9.95. The number of hydrogen-bond donors (Lipinski definition) is 3. The number of amides is 3. The maximum absolute atomic E-state index is 13.3.